The van der Waals surface area contributed by atoms with Crippen molar-refractivity contribution in [1.29, 1.82) is 0 Å². The maximum Gasteiger partial charge on any atom is 0.407 e. The minimum atomic E-state index is -1.08. The zero-order valence-electron chi connectivity index (χ0n) is 13.6. The molecule has 1 saturated heterocycles. The van der Waals surface area contributed by atoms with E-state index in [1.165, 1.54) is 4.90 Å². The number of aliphatic hydroxyl groups is 1. The molecule has 1 aromatic rings. The Kier molecular flexibility index (Phi) is 6.58. The molecule has 0 bridgehead atoms. The van der Waals surface area contributed by atoms with E-state index in [9.17, 15) is 9.59 Å². The number of hydrogen-bond donors (Lipinski definition) is 3. The molecule has 0 aliphatic carbocycles. The van der Waals surface area contributed by atoms with Gasteiger partial charge in [-0.25, -0.2) is 9.59 Å². The molecule has 1 aliphatic rings. The monoisotopic (exact) mass is 351 g/mol. The number of carbonyl (C=O) groups is 2. The first-order chi connectivity index (χ1) is 12.0. The standard InChI is InChI=1S/C16H21N3O6/c17-15(13-3-1-2-8-19(13)16(22)23)18-25-14(21)10-24-12-6-4-11(9-20)5-7-12/h4-7,13,20H,1-3,8-10H2,(H2,17,18)(H,22,23)/t13-/m0/s1. The predicted octanol–water partition coefficient (Wildman–Crippen LogP) is 0.906. The lowest BCUT2D eigenvalue weighted by Gasteiger charge is -2.32. The van der Waals surface area contributed by atoms with Crippen LogP contribution >= 0.6 is 0 Å². The summed E-state index contributed by atoms with van der Waals surface area (Å²) in [6.07, 6.45) is 1.04. The zero-order valence-corrected chi connectivity index (χ0v) is 13.6. The molecule has 136 valence electrons. The van der Waals surface area contributed by atoms with Gasteiger partial charge in [-0.1, -0.05) is 17.3 Å². The number of piperidine rings is 1. The van der Waals surface area contributed by atoms with Crippen LogP contribution in [0.1, 0.15) is 24.8 Å². The van der Waals surface area contributed by atoms with Gasteiger partial charge >= 0.3 is 12.1 Å². The number of nitrogens with zero attached hydrogens (tertiary/aromatic N) is 2. The number of aliphatic hydroxyl groups excluding tert-OH is 1. The number of carbonyl (C=O) groups excluding carboxylic acids is 1. The predicted molar refractivity (Wildman–Crippen MR) is 87.9 cm³/mol. The van der Waals surface area contributed by atoms with Gasteiger partial charge in [0, 0.05) is 6.54 Å². The van der Waals surface area contributed by atoms with E-state index in [-0.39, 0.29) is 19.0 Å². The summed E-state index contributed by atoms with van der Waals surface area (Å²) in [5.74, 6) is -0.370. The minimum Gasteiger partial charge on any atom is -0.482 e. The molecular formula is C16H21N3O6. The Bertz CT molecular complexity index is 631. The molecule has 9 heteroatoms. The Morgan fingerprint density at radius 3 is 2.64 bits per heavy atom. The Labute approximate surface area is 144 Å². The fourth-order valence-corrected chi connectivity index (χ4v) is 2.49. The van der Waals surface area contributed by atoms with E-state index in [2.05, 4.69) is 5.16 Å². The number of amidine groups is 1. The summed E-state index contributed by atoms with van der Waals surface area (Å²) in [6.45, 7) is -0.0789. The molecule has 1 fully saturated rings. The highest BCUT2D eigenvalue weighted by Gasteiger charge is 2.29. The molecule has 1 heterocycles. The third-order valence-electron chi connectivity index (χ3n) is 3.81. The second-order valence-corrected chi connectivity index (χ2v) is 5.56. The van der Waals surface area contributed by atoms with Gasteiger partial charge in [-0.15, -0.1) is 0 Å². The number of benzene rings is 1. The SMILES string of the molecule is N/C(=N\OC(=O)COc1ccc(CO)cc1)[C@@H]1CCCCN1C(=O)O. The normalized spacial score (nSPS) is 17.9. The van der Waals surface area contributed by atoms with Crippen LogP contribution in [0.25, 0.3) is 0 Å². The van der Waals surface area contributed by atoms with E-state index in [1.54, 1.807) is 24.3 Å². The molecule has 1 aromatic carbocycles. The van der Waals surface area contributed by atoms with Crippen LogP contribution in [0.5, 0.6) is 5.75 Å². The molecule has 9 nitrogen and oxygen atoms in total. The highest BCUT2D eigenvalue weighted by Crippen LogP contribution is 2.17. The van der Waals surface area contributed by atoms with Gasteiger partial charge in [0.1, 0.15) is 5.75 Å². The third-order valence-corrected chi connectivity index (χ3v) is 3.81. The molecule has 1 aliphatic heterocycles. The fraction of sp³-hybridized carbons (Fsp3) is 0.438. The maximum atomic E-state index is 11.7. The molecule has 0 unspecified atom stereocenters. The van der Waals surface area contributed by atoms with E-state index in [1.807, 2.05) is 0 Å². The lowest BCUT2D eigenvalue weighted by atomic mass is 10.0. The molecule has 0 saturated carbocycles. The van der Waals surface area contributed by atoms with Crippen LogP contribution in [0.2, 0.25) is 0 Å². The molecule has 0 radical (unpaired) electrons. The van der Waals surface area contributed by atoms with E-state index in [4.69, 9.17) is 25.5 Å². The van der Waals surface area contributed by atoms with Gasteiger partial charge in [-0.05, 0) is 37.0 Å². The lowest BCUT2D eigenvalue weighted by Crippen LogP contribution is -2.50. The van der Waals surface area contributed by atoms with Gasteiger partial charge in [-0.2, -0.15) is 0 Å². The number of rotatable bonds is 6. The second kappa shape index (κ2) is 8.88. The zero-order chi connectivity index (χ0) is 18.2. The van der Waals surface area contributed by atoms with Crippen LogP contribution in [0.15, 0.2) is 29.4 Å². The average molecular weight is 351 g/mol. The molecule has 1 atom stereocenters. The Hall–Kier alpha value is -2.81. The van der Waals surface area contributed by atoms with E-state index >= 15 is 0 Å². The van der Waals surface area contributed by atoms with Crippen LogP contribution in [0, 0.1) is 0 Å². The summed E-state index contributed by atoms with van der Waals surface area (Å²) < 4.78 is 5.23. The maximum absolute atomic E-state index is 11.7. The van der Waals surface area contributed by atoms with Gasteiger partial charge in [0.05, 0.1) is 12.6 Å². The first-order valence-electron chi connectivity index (χ1n) is 7.86. The highest BCUT2D eigenvalue weighted by atomic mass is 16.7. The van der Waals surface area contributed by atoms with Crippen molar-refractivity contribution in [1.82, 2.24) is 4.90 Å². The van der Waals surface area contributed by atoms with Gasteiger partial charge in [0.25, 0.3) is 0 Å². The van der Waals surface area contributed by atoms with Crippen molar-refractivity contribution < 1.29 is 29.4 Å². The van der Waals surface area contributed by atoms with Crippen molar-refractivity contribution in [3.63, 3.8) is 0 Å². The fourth-order valence-electron chi connectivity index (χ4n) is 2.49. The van der Waals surface area contributed by atoms with E-state index < -0.39 is 18.1 Å². The number of carboxylic acid groups (broad SMARTS) is 1. The molecule has 0 aromatic heterocycles. The summed E-state index contributed by atoms with van der Waals surface area (Å²) in [5.41, 5.74) is 6.49. The van der Waals surface area contributed by atoms with Crippen molar-refractivity contribution in [2.24, 2.45) is 10.9 Å². The van der Waals surface area contributed by atoms with Gasteiger partial charge < -0.3 is 25.5 Å². The minimum absolute atomic E-state index is 0.0530. The molecular weight excluding hydrogens is 330 g/mol. The lowest BCUT2D eigenvalue weighted by molar-refractivity contribution is -0.146. The van der Waals surface area contributed by atoms with Crippen molar-refractivity contribution >= 4 is 17.9 Å². The topological polar surface area (TPSA) is 135 Å². The first kappa shape index (κ1) is 18.5. The molecule has 2 rings (SSSR count). The van der Waals surface area contributed by atoms with Crippen LogP contribution < -0.4 is 10.5 Å². The van der Waals surface area contributed by atoms with Gasteiger partial charge in [-0.3, -0.25) is 4.90 Å². The van der Waals surface area contributed by atoms with Crippen molar-refractivity contribution in [3.05, 3.63) is 29.8 Å². The largest absolute Gasteiger partial charge is 0.482 e. The van der Waals surface area contributed by atoms with Crippen LogP contribution in [-0.2, 0) is 16.2 Å². The number of amides is 1. The summed E-state index contributed by atoms with van der Waals surface area (Å²) in [6, 6.07) is 5.97. The Morgan fingerprint density at radius 2 is 2.00 bits per heavy atom. The summed E-state index contributed by atoms with van der Waals surface area (Å²) in [5, 5.41) is 21.6. The number of hydrogen-bond acceptors (Lipinski definition) is 6. The quantitative estimate of drug-likeness (QED) is 0.300. The van der Waals surface area contributed by atoms with Crippen molar-refractivity contribution in [2.75, 3.05) is 13.2 Å². The molecule has 4 N–H and O–H groups in total. The smallest absolute Gasteiger partial charge is 0.407 e. The second-order valence-electron chi connectivity index (χ2n) is 5.56. The summed E-state index contributed by atoms with van der Waals surface area (Å²) >= 11 is 0. The molecule has 0 spiro atoms. The number of nitrogens with two attached hydrogens (primary N) is 1. The van der Waals surface area contributed by atoms with Crippen molar-refractivity contribution in [3.8, 4) is 5.75 Å². The third kappa shape index (κ3) is 5.35. The first-order valence-corrected chi connectivity index (χ1v) is 7.86. The van der Waals surface area contributed by atoms with E-state index in [0.717, 1.165) is 18.4 Å². The van der Waals surface area contributed by atoms with Gasteiger partial charge in [0.2, 0.25) is 0 Å². The van der Waals surface area contributed by atoms with Crippen LogP contribution in [0.4, 0.5) is 4.79 Å². The van der Waals surface area contributed by atoms with Gasteiger partial charge in [0.15, 0.2) is 12.4 Å². The summed E-state index contributed by atoms with van der Waals surface area (Å²) in [4.78, 5) is 28.7. The number of ether oxygens (including phenoxy) is 1. The number of oxime groups is 1. The highest BCUT2D eigenvalue weighted by molar-refractivity contribution is 5.89. The number of likely N-dealkylation sites (tertiary alicyclic amines) is 1. The van der Waals surface area contributed by atoms with Crippen LogP contribution in [-0.4, -0.2) is 52.2 Å². The van der Waals surface area contributed by atoms with Crippen LogP contribution in [0.3, 0.4) is 0 Å². The average Bonchev–Trinajstić information content (AvgIpc) is 2.64. The Balaban J connectivity index is 1.84. The molecule has 25 heavy (non-hydrogen) atoms. The molecule has 1 amide bonds. The van der Waals surface area contributed by atoms with Crippen molar-refractivity contribution in [2.45, 2.75) is 31.9 Å². The van der Waals surface area contributed by atoms with E-state index in [0.29, 0.717) is 18.7 Å². The summed E-state index contributed by atoms with van der Waals surface area (Å²) in [7, 11) is 0. The Morgan fingerprint density at radius 1 is 1.28 bits per heavy atom.